The van der Waals surface area contributed by atoms with E-state index in [2.05, 4.69) is 41.9 Å². The summed E-state index contributed by atoms with van der Waals surface area (Å²) in [6.07, 6.45) is 1.79. The van der Waals surface area contributed by atoms with Gasteiger partial charge >= 0.3 is 4.96 Å². The largest absolute Gasteiger partial charge is 0.408 e. The molecule has 3 nitrogen and oxygen atoms in total. The number of halogens is 2. The second-order valence-corrected chi connectivity index (χ2v) is 7.56. The maximum absolute atomic E-state index is 4.63. The van der Waals surface area contributed by atoms with E-state index < -0.39 is 0 Å². The van der Waals surface area contributed by atoms with Crippen LogP contribution in [0.15, 0.2) is 41.9 Å². The Balaban J connectivity index is 2.13. The average Bonchev–Trinajstić information content (AvgIpc) is 2.82. The number of fused-ring (bicyclic) bond motifs is 1. The van der Waals surface area contributed by atoms with Gasteiger partial charge in [-0.3, -0.25) is 0 Å². The monoisotopic (exact) mass is 384 g/mol. The molecule has 0 atom stereocenters. The molecule has 2 heterocycles. The molecule has 0 unspecified atom stereocenters. The highest BCUT2D eigenvalue weighted by Gasteiger charge is 2.20. The SMILES string of the molecule is BrC(Br)c1csc2nc(-c3ccccc3)cn[n+]12. The molecule has 0 aliphatic carbocycles. The van der Waals surface area contributed by atoms with Crippen LogP contribution in [0, 0.1) is 0 Å². The van der Waals surface area contributed by atoms with E-state index in [0.29, 0.717) is 0 Å². The molecule has 0 aliphatic heterocycles. The van der Waals surface area contributed by atoms with E-state index in [1.165, 1.54) is 0 Å². The second-order valence-electron chi connectivity index (χ2n) is 3.66. The van der Waals surface area contributed by atoms with Gasteiger partial charge in [0.2, 0.25) is 5.69 Å². The molecule has 0 N–H and O–H groups in total. The average molecular weight is 386 g/mol. The quantitative estimate of drug-likeness (QED) is 0.497. The Bertz CT molecular complexity index is 682. The van der Waals surface area contributed by atoms with Crippen molar-refractivity contribution < 1.29 is 4.52 Å². The summed E-state index contributed by atoms with van der Waals surface area (Å²) in [5, 5.41) is 6.48. The van der Waals surface area contributed by atoms with E-state index in [-0.39, 0.29) is 3.74 Å². The minimum Gasteiger partial charge on any atom is -0.0859 e. The highest BCUT2D eigenvalue weighted by atomic mass is 79.9. The normalized spacial score (nSPS) is 11.3. The maximum Gasteiger partial charge on any atom is 0.408 e. The first-order valence-electron chi connectivity index (χ1n) is 5.26. The van der Waals surface area contributed by atoms with Crippen LogP contribution < -0.4 is 4.52 Å². The third kappa shape index (κ3) is 2.20. The van der Waals surface area contributed by atoms with Gasteiger partial charge in [-0.05, 0) is 16.3 Å². The first kappa shape index (κ1) is 12.2. The lowest BCUT2D eigenvalue weighted by Gasteiger charge is -1.95. The van der Waals surface area contributed by atoms with Crippen LogP contribution in [0.3, 0.4) is 0 Å². The standard InChI is InChI=1S/C12H8Br2N3S/c13-11(14)10-7-18-12-16-9(6-15-17(10)12)8-4-2-1-3-5-8/h1-7,11H/q+1. The lowest BCUT2D eigenvalue weighted by molar-refractivity contribution is -0.586. The Morgan fingerprint density at radius 2 is 1.94 bits per heavy atom. The Labute approximate surface area is 125 Å². The van der Waals surface area contributed by atoms with Crippen molar-refractivity contribution >= 4 is 48.2 Å². The number of thiazole rings is 1. The number of hydrogen-bond donors (Lipinski definition) is 0. The van der Waals surface area contributed by atoms with Crippen molar-refractivity contribution in [2.45, 2.75) is 3.74 Å². The molecule has 2 aromatic heterocycles. The molecule has 3 rings (SSSR count). The zero-order chi connectivity index (χ0) is 12.5. The Morgan fingerprint density at radius 3 is 2.67 bits per heavy atom. The zero-order valence-corrected chi connectivity index (χ0v) is 13.1. The first-order valence-corrected chi connectivity index (χ1v) is 7.97. The third-order valence-electron chi connectivity index (χ3n) is 2.52. The molecule has 0 fully saturated rings. The van der Waals surface area contributed by atoms with Gasteiger partial charge in [-0.2, -0.15) is 0 Å². The summed E-state index contributed by atoms with van der Waals surface area (Å²) in [6, 6.07) is 10.1. The molecule has 3 aromatic rings. The highest BCUT2D eigenvalue weighted by Crippen LogP contribution is 2.28. The van der Waals surface area contributed by atoms with E-state index in [0.717, 1.165) is 21.9 Å². The van der Waals surface area contributed by atoms with Gasteiger partial charge in [-0.25, -0.2) is 0 Å². The predicted octanol–water partition coefficient (Wildman–Crippen LogP) is 3.73. The molecule has 0 aliphatic rings. The molecule has 0 saturated carbocycles. The maximum atomic E-state index is 4.63. The highest BCUT2D eigenvalue weighted by molar-refractivity contribution is 9.24. The van der Waals surface area contributed by atoms with Gasteiger partial charge in [0.25, 0.3) is 0 Å². The minimum atomic E-state index is 0.0839. The van der Waals surface area contributed by atoms with Crippen LogP contribution >= 0.6 is 43.2 Å². The summed E-state index contributed by atoms with van der Waals surface area (Å²) in [7, 11) is 0. The van der Waals surface area contributed by atoms with Crippen molar-refractivity contribution in [2.75, 3.05) is 0 Å². The molecule has 1 aromatic carbocycles. The molecular formula is C12H8Br2N3S+. The summed E-state index contributed by atoms with van der Waals surface area (Å²) in [6.45, 7) is 0. The molecule has 6 heteroatoms. The van der Waals surface area contributed by atoms with Crippen molar-refractivity contribution in [3.63, 3.8) is 0 Å². The van der Waals surface area contributed by atoms with Gasteiger partial charge in [0.1, 0.15) is 9.93 Å². The van der Waals surface area contributed by atoms with Gasteiger partial charge in [0.05, 0.1) is 0 Å². The molecule has 90 valence electrons. The van der Waals surface area contributed by atoms with E-state index in [1.54, 1.807) is 17.5 Å². The lowest BCUT2D eigenvalue weighted by Crippen LogP contribution is -2.29. The topological polar surface area (TPSA) is 29.9 Å². The minimum absolute atomic E-state index is 0.0839. The molecule has 0 bridgehead atoms. The summed E-state index contributed by atoms with van der Waals surface area (Å²) in [5.41, 5.74) is 3.02. The summed E-state index contributed by atoms with van der Waals surface area (Å²) >= 11 is 8.54. The fraction of sp³-hybridized carbons (Fsp3) is 0.0833. The van der Waals surface area contributed by atoms with Crippen LogP contribution in [0.2, 0.25) is 0 Å². The smallest absolute Gasteiger partial charge is 0.0859 e. The van der Waals surface area contributed by atoms with Gasteiger partial charge < -0.3 is 0 Å². The van der Waals surface area contributed by atoms with Gasteiger partial charge in [-0.15, -0.1) is 0 Å². The number of rotatable bonds is 2. The van der Waals surface area contributed by atoms with Crippen LogP contribution in [-0.4, -0.2) is 10.1 Å². The predicted molar refractivity (Wildman–Crippen MR) is 79.1 cm³/mol. The number of alkyl halides is 2. The summed E-state index contributed by atoms with van der Waals surface area (Å²) in [5.74, 6) is 0. The Morgan fingerprint density at radius 1 is 1.17 bits per heavy atom. The van der Waals surface area contributed by atoms with Gasteiger partial charge in [0.15, 0.2) is 5.69 Å². The van der Waals surface area contributed by atoms with E-state index in [4.69, 9.17) is 0 Å². The van der Waals surface area contributed by atoms with E-state index in [1.807, 2.05) is 40.2 Å². The molecule has 0 radical (unpaired) electrons. The number of benzene rings is 1. The number of hydrogen-bond acceptors (Lipinski definition) is 3. The first-order chi connectivity index (χ1) is 8.75. The lowest BCUT2D eigenvalue weighted by atomic mass is 10.2. The fourth-order valence-electron chi connectivity index (χ4n) is 1.65. The van der Waals surface area contributed by atoms with Crippen LogP contribution in [-0.2, 0) is 0 Å². The van der Waals surface area contributed by atoms with Crippen LogP contribution in [0.1, 0.15) is 9.43 Å². The molecule has 0 spiro atoms. The second kappa shape index (κ2) is 5.03. The van der Waals surface area contributed by atoms with Crippen molar-refractivity contribution in [3.8, 4) is 11.3 Å². The fourth-order valence-corrected chi connectivity index (χ4v) is 3.52. The molecule has 0 amide bonds. The van der Waals surface area contributed by atoms with Gasteiger partial charge in [-0.1, -0.05) is 71.8 Å². The Kier molecular flexibility index (Phi) is 3.41. The van der Waals surface area contributed by atoms with Crippen molar-refractivity contribution in [2.24, 2.45) is 0 Å². The van der Waals surface area contributed by atoms with E-state index >= 15 is 0 Å². The van der Waals surface area contributed by atoms with Crippen LogP contribution in [0.25, 0.3) is 16.2 Å². The summed E-state index contributed by atoms with van der Waals surface area (Å²) < 4.78 is 1.92. The van der Waals surface area contributed by atoms with Gasteiger partial charge in [0, 0.05) is 10.9 Å². The van der Waals surface area contributed by atoms with E-state index in [9.17, 15) is 0 Å². The number of aromatic nitrogens is 3. The van der Waals surface area contributed by atoms with Crippen molar-refractivity contribution in [1.29, 1.82) is 0 Å². The third-order valence-corrected chi connectivity index (χ3v) is 4.29. The van der Waals surface area contributed by atoms with Crippen molar-refractivity contribution in [3.05, 3.63) is 47.6 Å². The Hall–Kier alpha value is -0.850. The van der Waals surface area contributed by atoms with Crippen LogP contribution in [0.4, 0.5) is 0 Å². The van der Waals surface area contributed by atoms with Crippen molar-refractivity contribution in [1.82, 2.24) is 10.1 Å². The molecule has 18 heavy (non-hydrogen) atoms. The zero-order valence-electron chi connectivity index (χ0n) is 9.12. The van der Waals surface area contributed by atoms with Crippen LogP contribution in [0.5, 0.6) is 0 Å². The molecular weight excluding hydrogens is 378 g/mol. The summed E-state index contributed by atoms with van der Waals surface area (Å²) in [4.78, 5) is 5.51. The number of nitrogens with zero attached hydrogens (tertiary/aromatic N) is 3. The molecule has 0 saturated heterocycles.